The van der Waals surface area contributed by atoms with E-state index in [1.54, 1.807) is 0 Å². The molecule has 21 heavy (non-hydrogen) atoms. The van der Waals surface area contributed by atoms with Gasteiger partial charge in [-0.3, -0.25) is 0 Å². The fourth-order valence-electron chi connectivity index (χ4n) is 2.58. The van der Waals surface area contributed by atoms with E-state index in [4.69, 9.17) is 5.11 Å². The highest BCUT2D eigenvalue weighted by molar-refractivity contribution is 7.91. The first-order valence-electron chi connectivity index (χ1n) is 8.93. The molecule has 0 rings (SSSR count). The maximum atomic E-state index is 11.4. The maximum absolute atomic E-state index is 11.4. The summed E-state index contributed by atoms with van der Waals surface area (Å²) in [4.78, 5) is 0. The summed E-state index contributed by atoms with van der Waals surface area (Å²) in [6.07, 6.45) is 16.4. The van der Waals surface area contributed by atoms with Gasteiger partial charge < -0.3 is 5.11 Å². The lowest BCUT2D eigenvalue weighted by Gasteiger charge is -2.04. The highest BCUT2D eigenvalue weighted by atomic mass is 32.2. The van der Waals surface area contributed by atoms with Crippen LogP contribution in [0.5, 0.6) is 0 Å². The summed E-state index contributed by atoms with van der Waals surface area (Å²) in [7, 11) is -3.00. The first-order chi connectivity index (χ1) is 10.1. The maximum Gasteiger partial charge on any atom is 0.152 e. The van der Waals surface area contributed by atoms with Crippen LogP contribution in [0.25, 0.3) is 0 Å². The molecule has 0 saturated carbocycles. The van der Waals surface area contributed by atoms with Gasteiger partial charge in [-0.1, -0.05) is 84.0 Å². The van der Waals surface area contributed by atoms with Crippen LogP contribution in [0, 0.1) is 0 Å². The largest absolute Gasteiger partial charge is 0.395 e. The number of hydrogen-bond donors (Lipinski definition) is 1. The summed E-state index contributed by atoms with van der Waals surface area (Å²) in [5.41, 5.74) is 0. The van der Waals surface area contributed by atoms with Crippen molar-refractivity contribution in [3.63, 3.8) is 0 Å². The van der Waals surface area contributed by atoms with Crippen LogP contribution in [0.1, 0.15) is 90.4 Å². The molecule has 0 bridgehead atoms. The van der Waals surface area contributed by atoms with Crippen LogP contribution in [0.4, 0.5) is 0 Å². The van der Waals surface area contributed by atoms with Crippen molar-refractivity contribution in [2.45, 2.75) is 90.4 Å². The number of unbranched alkanes of at least 4 members (excludes halogenated alkanes) is 12. The number of rotatable bonds is 16. The van der Waals surface area contributed by atoms with Gasteiger partial charge >= 0.3 is 0 Å². The van der Waals surface area contributed by atoms with Crippen LogP contribution in [-0.2, 0) is 9.84 Å². The molecule has 0 spiro atoms. The van der Waals surface area contributed by atoms with E-state index in [2.05, 4.69) is 6.92 Å². The van der Waals surface area contributed by atoms with Crippen LogP contribution in [-0.4, -0.2) is 31.6 Å². The van der Waals surface area contributed by atoms with Crippen molar-refractivity contribution >= 4 is 9.84 Å². The molecule has 0 amide bonds. The zero-order chi connectivity index (χ0) is 15.8. The Balaban J connectivity index is 3.16. The van der Waals surface area contributed by atoms with Crippen molar-refractivity contribution in [3.8, 4) is 0 Å². The fourth-order valence-corrected chi connectivity index (χ4v) is 3.71. The minimum atomic E-state index is -3.00. The second-order valence-electron chi connectivity index (χ2n) is 6.12. The molecule has 1 N–H and O–H groups in total. The normalized spacial score (nSPS) is 11.9. The van der Waals surface area contributed by atoms with Crippen molar-refractivity contribution in [2.75, 3.05) is 18.1 Å². The third-order valence-corrected chi connectivity index (χ3v) is 5.68. The van der Waals surface area contributed by atoms with Gasteiger partial charge in [-0.25, -0.2) is 8.42 Å². The Morgan fingerprint density at radius 3 is 1.38 bits per heavy atom. The van der Waals surface area contributed by atoms with Gasteiger partial charge in [0.2, 0.25) is 0 Å². The second kappa shape index (κ2) is 14.8. The Kier molecular flexibility index (Phi) is 14.8. The van der Waals surface area contributed by atoms with E-state index in [1.807, 2.05) is 0 Å². The van der Waals surface area contributed by atoms with Gasteiger partial charge in [0.1, 0.15) is 0 Å². The lowest BCUT2D eigenvalue weighted by atomic mass is 10.1. The molecular weight excluding hydrogens is 284 g/mol. The van der Waals surface area contributed by atoms with Crippen LogP contribution < -0.4 is 0 Å². The molecule has 0 aromatic heterocycles. The molecule has 0 unspecified atom stereocenters. The van der Waals surface area contributed by atoms with Gasteiger partial charge in [0, 0.05) is 0 Å². The molecule has 0 saturated heterocycles. The molecule has 0 aromatic rings. The number of aliphatic hydroxyl groups is 1. The van der Waals surface area contributed by atoms with Crippen molar-refractivity contribution in [1.29, 1.82) is 0 Å². The molecule has 0 atom stereocenters. The summed E-state index contributed by atoms with van der Waals surface area (Å²) >= 11 is 0. The molecule has 0 aromatic carbocycles. The second-order valence-corrected chi connectivity index (χ2v) is 8.42. The van der Waals surface area contributed by atoms with E-state index in [1.165, 1.54) is 64.2 Å². The quantitative estimate of drug-likeness (QED) is 0.426. The molecule has 4 heteroatoms. The monoisotopic (exact) mass is 320 g/mol. The van der Waals surface area contributed by atoms with Gasteiger partial charge in [0.15, 0.2) is 9.84 Å². The number of sulfone groups is 1. The predicted octanol–water partition coefficient (Wildman–Crippen LogP) is 4.48. The SMILES string of the molecule is CCCCCCCCCCCCCCCS(=O)(=O)CCO. The summed E-state index contributed by atoms with van der Waals surface area (Å²) in [5.74, 6) is 0.163. The van der Waals surface area contributed by atoms with E-state index in [0.29, 0.717) is 0 Å². The lowest BCUT2D eigenvalue weighted by Crippen LogP contribution is -2.13. The van der Waals surface area contributed by atoms with Crippen LogP contribution in [0.3, 0.4) is 0 Å². The van der Waals surface area contributed by atoms with Gasteiger partial charge in [0.05, 0.1) is 18.1 Å². The minimum Gasteiger partial charge on any atom is -0.395 e. The zero-order valence-electron chi connectivity index (χ0n) is 14.0. The number of hydrogen-bond acceptors (Lipinski definition) is 3. The Morgan fingerprint density at radius 1 is 0.619 bits per heavy atom. The zero-order valence-corrected chi connectivity index (χ0v) is 14.8. The summed E-state index contributed by atoms with van der Waals surface area (Å²) in [6.45, 7) is 2.00. The van der Waals surface area contributed by atoms with Crippen molar-refractivity contribution in [1.82, 2.24) is 0 Å². The molecule has 0 aliphatic carbocycles. The highest BCUT2D eigenvalue weighted by Crippen LogP contribution is 2.12. The summed E-state index contributed by atoms with van der Waals surface area (Å²) in [5, 5.41) is 8.63. The highest BCUT2D eigenvalue weighted by Gasteiger charge is 2.08. The molecule has 0 radical (unpaired) electrons. The Hall–Kier alpha value is -0.0900. The van der Waals surface area contributed by atoms with E-state index in [0.717, 1.165) is 19.3 Å². The summed E-state index contributed by atoms with van der Waals surface area (Å²) < 4.78 is 22.7. The van der Waals surface area contributed by atoms with Crippen molar-refractivity contribution < 1.29 is 13.5 Å². The van der Waals surface area contributed by atoms with E-state index in [-0.39, 0.29) is 18.1 Å². The predicted molar refractivity (Wildman–Crippen MR) is 91.4 cm³/mol. The molecule has 128 valence electrons. The van der Waals surface area contributed by atoms with Crippen molar-refractivity contribution in [3.05, 3.63) is 0 Å². The first kappa shape index (κ1) is 20.9. The van der Waals surface area contributed by atoms with E-state index >= 15 is 0 Å². The minimum absolute atomic E-state index is 0.0781. The van der Waals surface area contributed by atoms with Crippen molar-refractivity contribution in [2.24, 2.45) is 0 Å². The lowest BCUT2D eigenvalue weighted by molar-refractivity contribution is 0.319. The van der Waals surface area contributed by atoms with Gasteiger partial charge in [-0.2, -0.15) is 0 Å². The van der Waals surface area contributed by atoms with Gasteiger partial charge in [-0.15, -0.1) is 0 Å². The van der Waals surface area contributed by atoms with Gasteiger partial charge in [0.25, 0.3) is 0 Å². The molecule has 0 heterocycles. The van der Waals surface area contributed by atoms with E-state index < -0.39 is 9.84 Å². The molecule has 0 aliphatic heterocycles. The molecule has 3 nitrogen and oxygen atoms in total. The van der Waals surface area contributed by atoms with Gasteiger partial charge in [-0.05, 0) is 6.42 Å². The molecule has 0 fully saturated rings. The first-order valence-corrected chi connectivity index (χ1v) is 10.8. The van der Waals surface area contributed by atoms with Crippen LogP contribution in [0.15, 0.2) is 0 Å². The third kappa shape index (κ3) is 16.1. The van der Waals surface area contributed by atoms with Crippen LogP contribution >= 0.6 is 0 Å². The number of aliphatic hydroxyl groups excluding tert-OH is 1. The van der Waals surface area contributed by atoms with E-state index in [9.17, 15) is 8.42 Å². The Labute approximate surface area is 132 Å². The Bertz CT molecular complexity index is 299. The fraction of sp³-hybridized carbons (Fsp3) is 1.00. The Morgan fingerprint density at radius 2 is 1.00 bits per heavy atom. The third-order valence-electron chi connectivity index (χ3n) is 3.96. The van der Waals surface area contributed by atoms with Crippen LogP contribution in [0.2, 0.25) is 0 Å². The smallest absolute Gasteiger partial charge is 0.152 e. The average molecular weight is 321 g/mol. The standard InChI is InChI=1S/C17H36O3S/c1-2-3-4-5-6-7-8-9-10-11-12-13-14-16-21(19,20)17-15-18/h18H,2-17H2,1H3. The topological polar surface area (TPSA) is 54.4 Å². The molecular formula is C17H36O3S. The molecule has 0 aliphatic rings. The average Bonchev–Trinajstić information content (AvgIpc) is 2.44. The summed E-state index contributed by atoms with van der Waals surface area (Å²) in [6, 6.07) is 0.